The van der Waals surface area contributed by atoms with Crippen molar-refractivity contribution < 1.29 is 0 Å². The van der Waals surface area contributed by atoms with E-state index in [9.17, 15) is 0 Å². The largest absolute Gasteiger partial charge is 0.313 e. The van der Waals surface area contributed by atoms with Crippen LogP contribution in [0.3, 0.4) is 0 Å². The maximum absolute atomic E-state index is 8.42. The number of hydrogen-bond donors (Lipinski definition) is 1. The maximum atomic E-state index is 8.42. The number of unbranched alkanes of at least 4 members (excludes halogenated alkanes) is 2. The number of nitrogens with one attached hydrogen (secondary N) is 1. The molecule has 1 rings (SSSR count). The van der Waals surface area contributed by atoms with Gasteiger partial charge in [0.1, 0.15) is 0 Å². The van der Waals surface area contributed by atoms with Crippen LogP contribution in [0.4, 0.5) is 0 Å². The van der Waals surface area contributed by atoms with Crippen molar-refractivity contribution in [2.45, 2.75) is 52.0 Å². The van der Waals surface area contributed by atoms with E-state index in [1.54, 1.807) is 0 Å². The van der Waals surface area contributed by atoms with Gasteiger partial charge in [0, 0.05) is 13.0 Å². The molecule has 0 saturated carbocycles. The van der Waals surface area contributed by atoms with Crippen molar-refractivity contribution in [3.05, 3.63) is 35.4 Å². The second-order valence-electron chi connectivity index (χ2n) is 5.74. The Morgan fingerprint density at radius 1 is 1.11 bits per heavy atom. The van der Waals surface area contributed by atoms with E-state index >= 15 is 0 Å². The third-order valence-electron chi connectivity index (χ3n) is 3.04. The molecule has 0 aliphatic carbocycles. The average molecular weight is 244 g/mol. The van der Waals surface area contributed by atoms with Gasteiger partial charge in [-0.15, -0.1) is 0 Å². The van der Waals surface area contributed by atoms with Gasteiger partial charge in [-0.25, -0.2) is 0 Å². The van der Waals surface area contributed by atoms with E-state index in [1.165, 1.54) is 11.1 Å². The summed E-state index contributed by atoms with van der Waals surface area (Å²) in [6.07, 6.45) is 2.74. The van der Waals surface area contributed by atoms with E-state index in [0.29, 0.717) is 6.42 Å². The molecule has 2 nitrogen and oxygen atoms in total. The van der Waals surface area contributed by atoms with Gasteiger partial charge < -0.3 is 5.32 Å². The lowest BCUT2D eigenvalue weighted by Crippen LogP contribution is -2.15. The Hall–Kier alpha value is -1.33. The molecule has 0 amide bonds. The molecule has 1 aromatic carbocycles. The molecule has 2 heteroatoms. The summed E-state index contributed by atoms with van der Waals surface area (Å²) < 4.78 is 0. The Balaban J connectivity index is 2.30. The fourth-order valence-corrected chi connectivity index (χ4v) is 1.81. The lowest BCUT2D eigenvalue weighted by atomic mass is 9.87. The van der Waals surface area contributed by atoms with Gasteiger partial charge >= 0.3 is 0 Å². The van der Waals surface area contributed by atoms with Crippen molar-refractivity contribution in [3.63, 3.8) is 0 Å². The molecule has 1 aromatic rings. The predicted octanol–water partition coefficient (Wildman–Crippen LogP) is 3.77. The highest BCUT2D eigenvalue weighted by molar-refractivity contribution is 5.27. The first kappa shape index (κ1) is 14.7. The lowest BCUT2D eigenvalue weighted by Gasteiger charge is -2.19. The summed E-state index contributed by atoms with van der Waals surface area (Å²) in [5.74, 6) is 0. The Labute approximate surface area is 111 Å². The number of rotatable bonds is 6. The van der Waals surface area contributed by atoms with Crippen LogP contribution < -0.4 is 5.32 Å². The van der Waals surface area contributed by atoms with Crippen LogP contribution in [0.1, 0.15) is 51.2 Å². The molecule has 0 atom stereocenters. The second kappa shape index (κ2) is 7.18. The van der Waals surface area contributed by atoms with Crippen molar-refractivity contribution >= 4 is 0 Å². The molecule has 0 bridgehead atoms. The molecule has 0 saturated heterocycles. The van der Waals surface area contributed by atoms with Crippen LogP contribution in [0.15, 0.2) is 24.3 Å². The van der Waals surface area contributed by atoms with Crippen LogP contribution in [0.5, 0.6) is 0 Å². The summed E-state index contributed by atoms with van der Waals surface area (Å²) in [6.45, 7) is 8.60. The zero-order valence-corrected chi connectivity index (χ0v) is 11.8. The molecule has 0 heterocycles. The molecule has 98 valence electrons. The topological polar surface area (TPSA) is 35.8 Å². The minimum atomic E-state index is 0.225. The fraction of sp³-hybridized carbons (Fsp3) is 0.562. The standard InChI is InChI=1S/C16H24N2/c1-16(2,3)15-9-7-14(8-10-15)13-18-12-6-4-5-11-17/h7-10,18H,4-6,12-13H2,1-3H3. The number of nitriles is 1. The summed E-state index contributed by atoms with van der Waals surface area (Å²) in [7, 11) is 0. The van der Waals surface area contributed by atoms with Gasteiger partial charge in [-0.3, -0.25) is 0 Å². The van der Waals surface area contributed by atoms with Crippen molar-refractivity contribution in [1.82, 2.24) is 5.32 Å². The summed E-state index contributed by atoms with van der Waals surface area (Å²) in [6, 6.07) is 11.0. The smallest absolute Gasteiger partial charge is 0.0621 e. The normalized spacial score (nSPS) is 11.2. The van der Waals surface area contributed by atoms with E-state index in [0.717, 1.165) is 25.9 Å². The molecular formula is C16H24N2. The summed E-state index contributed by atoms with van der Waals surface area (Å²) in [5, 5.41) is 11.8. The molecule has 1 N–H and O–H groups in total. The third kappa shape index (κ3) is 5.33. The zero-order chi connectivity index (χ0) is 13.4. The van der Waals surface area contributed by atoms with Gasteiger partial charge in [-0.05, 0) is 35.9 Å². The van der Waals surface area contributed by atoms with Crippen molar-refractivity contribution in [3.8, 4) is 6.07 Å². The first-order chi connectivity index (χ1) is 8.54. The van der Waals surface area contributed by atoms with Gasteiger partial charge in [0.05, 0.1) is 6.07 Å². The molecule has 0 aromatic heterocycles. The molecule has 0 aliphatic rings. The van der Waals surface area contributed by atoms with Crippen molar-refractivity contribution in [2.75, 3.05) is 6.54 Å². The highest BCUT2D eigenvalue weighted by Gasteiger charge is 2.12. The molecule has 0 spiro atoms. The Morgan fingerprint density at radius 2 is 1.78 bits per heavy atom. The Kier molecular flexibility index (Phi) is 5.88. The summed E-state index contributed by atoms with van der Waals surface area (Å²) >= 11 is 0. The first-order valence-corrected chi connectivity index (χ1v) is 6.71. The minimum absolute atomic E-state index is 0.225. The molecule has 18 heavy (non-hydrogen) atoms. The number of benzene rings is 1. The SMILES string of the molecule is CC(C)(C)c1ccc(CNCCCCC#N)cc1. The van der Waals surface area contributed by atoms with Gasteiger partial charge in [0.15, 0.2) is 0 Å². The van der Waals surface area contributed by atoms with Crippen LogP contribution in [0.25, 0.3) is 0 Å². The molecule has 0 unspecified atom stereocenters. The maximum Gasteiger partial charge on any atom is 0.0621 e. The van der Waals surface area contributed by atoms with Crippen LogP contribution in [0, 0.1) is 11.3 Å². The van der Waals surface area contributed by atoms with E-state index in [-0.39, 0.29) is 5.41 Å². The first-order valence-electron chi connectivity index (χ1n) is 6.71. The van der Waals surface area contributed by atoms with E-state index in [2.05, 4.69) is 56.4 Å². The Bertz CT molecular complexity index is 379. The molecular weight excluding hydrogens is 220 g/mol. The van der Waals surface area contributed by atoms with Crippen molar-refractivity contribution in [1.29, 1.82) is 5.26 Å². The molecule has 0 aliphatic heterocycles. The molecule has 0 fully saturated rings. The zero-order valence-electron chi connectivity index (χ0n) is 11.8. The van der Waals surface area contributed by atoms with E-state index in [1.807, 2.05) is 0 Å². The highest BCUT2D eigenvalue weighted by Crippen LogP contribution is 2.22. The number of hydrogen-bond acceptors (Lipinski definition) is 2. The summed E-state index contributed by atoms with van der Waals surface area (Å²) in [5.41, 5.74) is 2.92. The van der Waals surface area contributed by atoms with Gasteiger partial charge in [-0.1, -0.05) is 45.0 Å². The van der Waals surface area contributed by atoms with E-state index in [4.69, 9.17) is 5.26 Å². The monoisotopic (exact) mass is 244 g/mol. The van der Waals surface area contributed by atoms with Gasteiger partial charge in [0.25, 0.3) is 0 Å². The van der Waals surface area contributed by atoms with E-state index < -0.39 is 0 Å². The highest BCUT2D eigenvalue weighted by atomic mass is 14.8. The molecule has 0 radical (unpaired) electrons. The third-order valence-corrected chi connectivity index (χ3v) is 3.04. The predicted molar refractivity (Wildman–Crippen MR) is 76.3 cm³/mol. The van der Waals surface area contributed by atoms with Crippen LogP contribution in [-0.4, -0.2) is 6.54 Å². The lowest BCUT2D eigenvalue weighted by molar-refractivity contribution is 0.589. The van der Waals surface area contributed by atoms with Crippen molar-refractivity contribution in [2.24, 2.45) is 0 Å². The van der Waals surface area contributed by atoms with Crippen LogP contribution in [0.2, 0.25) is 0 Å². The minimum Gasteiger partial charge on any atom is -0.313 e. The van der Waals surface area contributed by atoms with Gasteiger partial charge in [-0.2, -0.15) is 5.26 Å². The quantitative estimate of drug-likeness (QED) is 0.773. The fourth-order valence-electron chi connectivity index (χ4n) is 1.81. The average Bonchev–Trinajstić information content (AvgIpc) is 2.33. The summed E-state index contributed by atoms with van der Waals surface area (Å²) in [4.78, 5) is 0. The van der Waals surface area contributed by atoms with Crippen LogP contribution in [-0.2, 0) is 12.0 Å². The Morgan fingerprint density at radius 3 is 2.33 bits per heavy atom. The number of nitrogens with zero attached hydrogens (tertiary/aromatic N) is 1. The van der Waals surface area contributed by atoms with Gasteiger partial charge in [0.2, 0.25) is 0 Å². The second-order valence-corrected chi connectivity index (χ2v) is 5.74. The van der Waals surface area contributed by atoms with Crippen LogP contribution >= 0.6 is 0 Å².